The molecule has 1 unspecified atom stereocenters. The first-order chi connectivity index (χ1) is 11.3. The Bertz CT molecular complexity index is 718. The zero-order chi connectivity index (χ0) is 17.7. The molecular weight excluding hydrogens is 372 g/mol. The predicted octanol–water partition coefficient (Wildman–Crippen LogP) is 3.70. The van der Waals surface area contributed by atoms with Gasteiger partial charge in [-0.3, -0.25) is 9.78 Å². The number of pyridine rings is 1. The lowest BCUT2D eigenvalue weighted by molar-refractivity contribution is -0.130. The van der Waals surface area contributed by atoms with E-state index in [1.54, 1.807) is 13.3 Å². The number of nitrogens with one attached hydrogen (secondary N) is 1. The van der Waals surface area contributed by atoms with Crippen LogP contribution in [0.5, 0.6) is 5.75 Å². The van der Waals surface area contributed by atoms with Crippen LogP contribution < -0.4 is 10.1 Å². The third kappa shape index (κ3) is 4.92. The minimum atomic E-state index is -0.557. The number of halogens is 1. The normalized spacial score (nSPS) is 12.9. The number of benzene rings is 1. The molecule has 0 saturated heterocycles. The second-order valence-corrected chi connectivity index (χ2v) is 7.24. The summed E-state index contributed by atoms with van der Waals surface area (Å²) in [6.45, 7) is 6.19. The molecule has 0 bridgehead atoms. The van der Waals surface area contributed by atoms with Crippen LogP contribution in [0.3, 0.4) is 0 Å². The molecule has 1 atom stereocenters. The van der Waals surface area contributed by atoms with Crippen molar-refractivity contribution in [3.8, 4) is 5.75 Å². The molecule has 0 aliphatic heterocycles. The van der Waals surface area contributed by atoms with Gasteiger partial charge in [-0.05, 0) is 60.5 Å². The van der Waals surface area contributed by atoms with Crippen molar-refractivity contribution >= 4 is 32.7 Å². The Hall–Kier alpha value is -1.66. The summed E-state index contributed by atoms with van der Waals surface area (Å²) < 4.78 is 11.9. The molecule has 5 nitrogen and oxygen atoms in total. The van der Waals surface area contributed by atoms with Crippen molar-refractivity contribution in [2.75, 3.05) is 13.7 Å². The first-order valence-corrected chi connectivity index (χ1v) is 8.67. The van der Waals surface area contributed by atoms with E-state index in [0.29, 0.717) is 18.8 Å². The van der Waals surface area contributed by atoms with Crippen LogP contribution in [-0.2, 0) is 9.53 Å². The number of rotatable bonds is 7. The van der Waals surface area contributed by atoms with E-state index in [2.05, 4.69) is 26.2 Å². The summed E-state index contributed by atoms with van der Waals surface area (Å²) in [5.74, 6) is 0.501. The highest BCUT2D eigenvalue weighted by Crippen LogP contribution is 2.23. The Morgan fingerprint density at radius 2 is 2.12 bits per heavy atom. The van der Waals surface area contributed by atoms with Crippen LogP contribution in [0.2, 0.25) is 0 Å². The maximum Gasteiger partial charge on any atom is 0.261 e. The van der Waals surface area contributed by atoms with Gasteiger partial charge in [0.05, 0.1) is 17.7 Å². The van der Waals surface area contributed by atoms with E-state index in [0.717, 1.165) is 15.4 Å². The van der Waals surface area contributed by atoms with Crippen LogP contribution in [0.15, 0.2) is 34.9 Å². The van der Waals surface area contributed by atoms with E-state index in [9.17, 15) is 4.79 Å². The fourth-order valence-corrected chi connectivity index (χ4v) is 2.80. The van der Waals surface area contributed by atoms with Gasteiger partial charge in [0, 0.05) is 23.2 Å². The van der Waals surface area contributed by atoms with Crippen molar-refractivity contribution in [3.63, 3.8) is 0 Å². The second-order valence-electron chi connectivity index (χ2n) is 6.33. The van der Waals surface area contributed by atoms with Crippen molar-refractivity contribution < 1.29 is 14.3 Å². The third-order valence-electron chi connectivity index (χ3n) is 3.53. The number of hydrogen-bond donors (Lipinski definition) is 1. The number of nitrogens with zero attached hydrogens (tertiary/aromatic N) is 1. The fourth-order valence-electron chi connectivity index (χ4n) is 2.45. The molecule has 2 aromatic rings. The van der Waals surface area contributed by atoms with Gasteiger partial charge in [0.1, 0.15) is 5.75 Å². The average Bonchev–Trinajstić information content (AvgIpc) is 2.51. The molecule has 1 aromatic carbocycles. The highest BCUT2D eigenvalue weighted by molar-refractivity contribution is 9.10. The lowest BCUT2D eigenvalue weighted by Crippen LogP contribution is -2.51. The quantitative estimate of drug-likeness (QED) is 0.777. The lowest BCUT2D eigenvalue weighted by Gasteiger charge is -2.28. The van der Waals surface area contributed by atoms with Gasteiger partial charge in [-0.2, -0.15) is 0 Å². The van der Waals surface area contributed by atoms with Crippen molar-refractivity contribution in [1.29, 1.82) is 0 Å². The van der Waals surface area contributed by atoms with Crippen LogP contribution >= 0.6 is 15.9 Å². The molecule has 130 valence electrons. The highest BCUT2D eigenvalue weighted by atomic mass is 79.9. The molecule has 1 aromatic heterocycles. The maximum absolute atomic E-state index is 12.5. The summed E-state index contributed by atoms with van der Waals surface area (Å²) in [5.41, 5.74) is 0.435. The van der Waals surface area contributed by atoms with Gasteiger partial charge in [0.2, 0.25) is 0 Å². The number of aromatic nitrogens is 1. The molecule has 2 rings (SSSR count). The van der Waals surface area contributed by atoms with E-state index in [1.165, 1.54) is 0 Å². The topological polar surface area (TPSA) is 60.5 Å². The van der Waals surface area contributed by atoms with Crippen LogP contribution in [-0.4, -0.2) is 36.3 Å². The summed E-state index contributed by atoms with van der Waals surface area (Å²) in [4.78, 5) is 16.8. The van der Waals surface area contributed by atoms with Gasteiger partial charge < -0.3 is 14.8 Å². The SMILES string of the molecule is CCC(Oc1ccc2ncc(Br)cc2c1)C(=O)NC(C)(C)COC. The van der Waals surface area contributed by atoms with E-state index in [4.69, 9.17) is 9.47 Å². The van der Waals surface area contributed by atoms with E-state index in [1.807, 2.05) is 45.0 Å². The van der Waals surface area contributed by atoms with Gasteiger partial charge in [0.15, 0.2) is 6.10 Å². The molecule has 0 spiro atoms. The molecule has 0 fully saturated rings. The van der Waals surface area contributed by atoms with Gasteiger partial charge >= 0.3 is 0 Å². The third-order valence-corrected chi connectivity index (χ3v) is 3.96. The van der Waals surface area contributed by atoms with E-state index < -0.39 is 11.6 Å². The molecule has 0 radical (unpaired) electrons. The van der Waals surface area contributed by atoms with Crippen LogP contribution in [0.25, 0.3) is 10.9 Å². The molecule has 0 aliphatic rings. The van der Waals surface area contributed by atoms with Gasteiger partial charge in [0.25, 0.3) is 5.91 Å². The van der Waals surface area contributed by atoms with Gasteiger partial charge in [-0.25, -0.2) is 0 Å². The smallest absolute Gasteiger partial charge is 0.261 e. The van der Waals surface area contributed by atoms with Crippen LogP contribution in [0.1, 0.15) is 27.2 Å². The Kier molecular flexibility index (Phi) is 6.18. The van der Waals surface area contributed by atoms with Crippen LogP contribution in [0, 0.1) is 0 Å². The fraction of sp³-hybridized carbons (Fsp3) is 0.444. The molecule has 1 N–H and O–H groups in total. The zero-order valence-electron chi connectivity index (χ0n) is 14.4. The number of carbonyl (C=O) groups is 1. The summed E-state index contributed by atoms with van der Waals surface area (Å²) in [6.07, 6.45) is 1.77. The van der Waals surface area contributed by atoms with Crippen molar-refractivity contribution in [2.45, 2.75) is 38.8 Å². The zero-order valence-corrected chi connectivity index (χ0v) is 16.0. The van der Waals surface area contributed by atoms with Gasteiger partial charge in [-0.1, -0.05) is 6.92 Å². The minimum absolute atomic E-state index is 0.146. The Balaban J connectivity index is 2.13. The lowest BCUT2D eigenvalue weighted by atomic mass is 10.1. The summed E-state index contributed by atoms with van der Waals surface area (Å²) in [5, 5.41) is 3.92. The molecule has 0 aliphatic carbocycles. The predicted molar refractivity (Wildman–Crippen MR) is 98.2 cm³/mol. The minimum Gasteiger partial charge on any atom is -0.481 e. The van der Waals surface area contributed by atoms with Crippen molar-refractivity contribution in [3.05, 3.63) is 34.9 Å². The Morgan fingerprint density at radius 3 is 2.79 bits per heavy atom. The molecule has 6 heteroatoms. The number of amides is 1. The molecule has 0 saturated carbocycles. The number of hydrogen-bond acceptors (Lipinski definition) is 4. The Labute approximate surface area is 150 Å². The first kappa shape index (κ1) is 18.7. The molecule has 1 amide bonds. The van der Waals surface area contributed by atoms with Crippen LogP contribution in [0.4, 0.5) is 0 Å². The van der Waals surface area contributed by atoms with Crippen molar-refractivity contribution in [1.82, 2.24) is 10.3 Å². The van der Waals surface area contributed by atoms with Crippen molar-refractivity contribution in [2.24, 2.45) is 0 Å². The molecular formula is C18H23BrN2O3. The number of fused-ring (bicyclic) bond motifs is 1. The number of carbonyl (C=O) groups excluding carboxylic acids is 1. The van der Waals surface area contributed by atoms with E-state index >= 15 is 0 Å². The van der Waals surface area contributed by atoms with E-state index in [-0.39, 0.29) is 5.91 Å². The second kappa shape index (κ2) is 7.94. The largest absolute Gasteiger partial charge is 0.481 e. The number of ether oxygens (including phenoxy) is 2. The molecule has 1 heterocycles. The monoisotopic (exact) mass is 394 g/mol. The van der Waals surface area contributed by atoms with Gasteiger partial charge in [-0.15, -0.1) is 0 Å². The number of methoxy groups -OCH3 is 1. The summed E-state index contributed by atoms with van der Waals surface area (Å²) in [6, 6.07) is 7.58. The highest BCUT2D eigenvalue weighted by Gasteiger charge is 2.26. The average molecular weight is 395 g/mol. The maximum atomic E-state index is 12.5. The Morgan fingerprint density at radius 1 is 1.38 bits per heavy atom. The summed E-state index contributed by atoms with van der Waals surface area (Å²) >= 11 is 3.41. The first-order valence-electron chi connectivity index (χ1n) is 7.87. The molecule has 24 heavy (non-hydrogen) atoms. The standard InChI is InChI=1S/C18H23BrN2O3/c1-5-16(17(22)21-18(2,3)11-23-4)24-14-6-7-15-12(9-14)8-13(19)10-20-15/h6-10,16H,5,11H2,1-4H3,(H,21,22). The summed E-state index contributed by atoms with van der Waals surface area (Å²) in [7, 11) is 1.61.